The molecule has 0 atom stereocenters. The Morgan fingerprint density at radius 1 is 1.35 bits per heavy atom. The van der Waals surface area contributed by atoms with Crippen molar-refractivity contribution in [1.82, 2.24) is 4.98 Å². The fourth-order valence-corrected chi connectivity index (χ4v) is 5.05. The summed E-state index contributed by atoms with van der Waals surface area (Å²) in [5.41, 5.74) is 1.94. The molecule has 136 valence electrons. The third-order valence-corrected chi connectivity index (χ3v) is 6.23. The van der Waals surface area contributed by atoms with Crippen LogP contribution in [0.2, 0.25) is 5.02 Å². The van der Waals surface area contributed by atoms with E-state index in [4.69, 9.17) is 21.0 Å². The first-order valence-corrected chi connectivity index (χ1v) is 10.2. The van der Waals surface area contributed by atoms with E-state index in [1.165, 1.54) is 17.8 Å². The van der Waals surface area contributed by atoms with Gasteiger partial charge in [-0.15, -0.1) is 0 Å². The zero-order chi connectivity index (χ0) is 18.1. The van der Waals surface area contributed by atoms with Crippen molar-refractivity contribution in [3.63, 3.8) is 0 Å². The van der Waals surface area contributed by atoms with Gasteiger partial charge in [0.05, 0.1) is 23.0 Å². The van der Waals surface area contributed by atoms with Gasteiger partial charge < -0.3 is 4.42 Å². The molecule has 2 heterocycles. The molecule has 0 N–H and O–H groups in total. The summed E-state index contributed by atoms with van der Waals surface area (Å²) in [7, 11) is 0. The van der Waals surface area contributed by atoms with Crippen molar-refractivity contribution in [1.29, 1.82) is 0 Å². The highest BCUT2D eigenvalue weighted by Gasteiger charge is 2.29. The average molecular weight is 389 g/mol. The Kier molecular flexibility index (Phi) is 5.00. The van der Waals surface area contributed by atoms with E-state index in [0.717, 1.165) is 52.4 Å². The molecule has 0 radical (unpaired) electrons. The second-order valence-electron chi connectivity index (χ2n) is 6.90. The van der Waals surface area contributed by atoms with Crippen LogP contribution in [0.1, 0.15) is 43.4 Å². The highest BCUT2D eigenvalue weighted by molar-refractivity contribution is 7.22. The smallest absolute Gasteiger partial charge is 0.232 e. The largest absolute Gasteiger partial charge is 0.467 e. The number of hydrogen-bond acceptors (Lipinski definition) is 4. The normalized spacial score (nSPS) is 15.5. The molecule has 0 saturated heterocycles. The molecular weight excluding hydrogens is 368 g/mol. The molecule has 2 aromatic heterocycles. The summed E-state index contributed by atoms with van der Waals surface area (Å²) in [5, 5.41) is 1.42. The molecule has 3 aromatic rings. The fourth-order valence-electron chi connectivity index (χ4n) is 3.63. The molecule has 1 fully saturated rings. The summed E-state index contributed by atoms with van der Waals surface area (Å²) in [6.07, 6.45) is 7.03. The molecule has 26 heavy (non-hydrogen) atoms. The Labute approximate surface area is 161 Å². The van der Waals surface area contributed by atoms with E-state index < -0.39 is 0 Å². The first kappa shape index (κ1) is 17.6. The standard InChI is InChI=1S/C20H21ClN2O2S/c1-13-10-15(21)11-17-18(13)22-20(26-17)23(12-16-8-5-9-25-16)19(24)14-6-3-2-4-7-14/h5,8-11,14H,2-4,6-7,12H2,1H3. The predicted molar refractivity (Wildman–Crippen MR) is 106 cm³/mol. The first-order chi connectivity index (χ1) is 12.6. The van der Waals surface area contributed by atoms with Crippen LogP contribution in [0.25, 0.3) is 10.2 Å². The van der Waals surface area contributed by atoms with Gasteiger partial charge in [0.15, 0.2) is 5.13 Å². The predicted octanol–water partition coefficient (Wildman–Crippen LogP) is 5.96. The number of furan rings is 1. The molecule has 6 heteroatoms. The van der Waals surface area contributed by atoms with Gasteiger partial charge in [-0.05, 0) is 49.6 Å². The number of aryl methyl sites for hydroxylation is 1. The molecule has 1 aromatic carbocycles. The maximum atomic E-state index is 13.3. The summed E-state index contributed by atoms with van der Waals surface area (Å²) >= 11 is 7.71. The van der Waals surface area contributed by atoms with E-state index in [2.05, 4.69) is 0 Å². The third kappa shape index (κ3) is 3.51. The summed E-state index contributed by atoms with van der Waals surface area (Å²) in [6.45, 7) is 2.41. The maximum Gasteiger partial charge on any atom is 0.232 e. The van der Waals surface area contributed by atoms with Crippen molar-refractivity contribution in [3.8, 4) is 0 Å². The topological polar surface area (TPSA) is 46.3 Å². The summed E-state index contributed by atoms with van der Waals surface area (Å²) < 4.78 is 6.51. The van der Waals surface area contributed by atoms with Crippen LogP contribution in [-0.2, 0) is 11.3 Å². The first-order valence-electron chi connectivity index (χ1n) is 9.02. The molecule has 1 aliphatic carbocycles. The lowest BCUT2D eigenvalue weighted by atomic mass is 9.88. The zero-order valence-corrected chi connectivity index (χ0v) is 16.3. The van der Waals surface area contributed by atoms with Gasteiger partial charge in [0, 0.05) is 10.9 Å². The number of rotatable bonds is 4. The summed E-state index contributed by atoms with van der Waals surface area (Å²) in [4.78, 5) is 19.9. The minimum atomic E-state index is 0.0791. The molecule has 0 aliphatic heterocycles. The van der Waals surface area contributed by atoms with Crippen molar-refractivity contribution in [3.05, 3.63) is 46.9 Å². The number of carbonyl (C=O) groups excluding carboxylic acids is 1. The monoisotopic (exact) mass is 388 g/mol. The molecule has 1 amide bonds. The van der Waals surface area contributed by atoms with E-state index in [0.29, 0.717) is 11.6 Å². The van der Waals surface area contributed by atoms with Gasteiger partial charge in [0.1, 0.15) is 5.76 Å². The number of anilines is 1. The lowest BCUT2D eigenvalue weighted by Gasteiger charge is -2.27. The van der Waals surface area contributed by atoms with Gasteiger partial charge in [-0.3, -0.25) is 9.69 Å². The molecule has 4 nitrogen and oxygen atoms in total. The van der Waals surface area contributed by atoms with Crippen molar-refractivity contribution in [2.75, 3.05) is 4.90 Å². The molecule has 1 aliphatic rings. The van der Waals surface area contributed by atoms with Gasteiger partial charge in [0.25, 0.3) is 0 Å². The minimum absolute atomic E-state index is 0.0791. The minimum Gasteiger partial charge on any atom is -0.467 e. The van der Waals surface area contributed by atoms with Crippen LogP contribution in [0, 0.1) is 12.8 Å². The summed E-state index contributed by atoms with van der Waals surface area (Å²) in [6, 6.07) is 7.58. The molecule has 0 spiro atoms. The molecular formula is C20H21ClN2O2S. The number of halogens is 1. The number of nitrogens with zero attached hydrogens (tertiary/aromatic N) is 2. The number of thiazole rings is 1. The number of amides is 1. The number of hydrogen-bond donors (Lipinski definition) is 0. The number of benzene rings is 1. The Morgan fingerprint density at radius 3 is 2.88 bits per heavy atom. The van der Waals surface area contributed by atoms with Crippen LogP contribution in [0.3, 0.4) is 0 Å². The Bertz CT molecular complexity index is 913. The van der Waals surface area contributed by atoms with E-state index >= 15 is 0 Å². The molecule has 0 bridgehead atoms. The second kappa shape index (κ2) is 7.41. The fraction of sp³-hybridized carbons (Fsp3) is 0.400. The van der Waals surface area contributed by atoms with Crippen LogP contribution in [-0.4, -0.2) is 10.9 Å². The molecule has 4 rings (SSSR count). The van der Waals surface area contributed by atoms with Crippen LogP contribution < -0.4 is 4.90 Å². The van der Waals surface area contributed by atoms with E-state index in [9.17, 15) is 4.79 Å². The second-order valence-corrected chi connectivity index (χ2v) is 8.35. The Morgan fingerprint density at radius 2 is 2.15 bits per heavy atom. The molecule has 1 saturated carbocycles. The van der Waals surface area contributed by atoms with Gasteiger partial charge in [-0.25, -0.2) is 4.98 Å². The van der Waals surface area contributed by atoms with Crippen molar-refractivity contribution in [2.45, 2.75) is 45.6 Å². The molecule has 0 unspecified atom stereocenters. The average Bonchev–Trinajstić information content (AvgIpc) is 3.29. The highest BCUT2D eigenvalue weighted by Crippen LogP contribution is 2.35. The van der Waals surface area contributed by atoms with Crippen LogP contribution in [0.15, 0.2) is 34.9 Å². The SMILES string of the molecule is Cc1cc(Cl)cc2sc(N(Cc3ccco3)C(=O)C3CCCCC3)nc12. The van der Waals surface area contributed by atoms with Gasteiger partial charge >= 0.3 is 0 Å². The van der Waals surface area contributed by atoms with E-state index in [-0.39, 0.29) is 11.8 Å². The van der Waals surface area contributed by atoms with Crippen LogP contribution >= 0.6 is 22.9 Å². The van der Waals surface area contributed by atoms with Crippen molar-refractivity contribution >= 4 is 44.2 Å². The van der Waals surface area contributed by atoms with Gasteiger partial charge in [-0.2, -0.15) is 0 Å². The summed E-state index contributed by atoms with van der Waals surface area (Å²) in [5.74, 6) is 1.00. The lowest BCUT2D eigenvalue weighted by molar-refractivity contribution is -0.123. The highest BCUT2D eigenvalue weighted by atomic mass is 35.5. The van der Waals surface area contributed by atoms with Gasteiger partial charge in [0.2, 0.25) is 5.91 Å². The number of aromatic nitrogens is 1. The Balaban J connectivity index is 1.72. The number of fused-ring (bicyclic) bond motifs is 1. The third-order valence-electron chi connectivity index (χ3n) is 4.98. The van der Waals surface area contributed by atoms with Crippen molar-refractivity contribution in [2.24, 2.45) is 5.92 Å². The lowest BCUT2D eigenvalue weighted by Crippen LogP contribution is -2.36. The van der Waals surface area contributed by atoms with Crippen LogP contribution in [0.4, 0.5) is 5.13 Å². The van der Waals surface area contributed by atoms with E-state index in [1.54, 1.807) is 11.2 Å². The zero-order valence-electron chi connectivity index (χ0n) is 14.7. The van der Waals surface area contributed by atoms with Gasteiger partial charge in [-0.1, -0.05) is 42.2 Å². The van der Waals surface area contributed by atoms with Crippen molar-refractivity contribution < 1.29 is 9.21 Å². The van der Waals surface area contributed by atoms with Crippen LogP contribution in [0.5, 0.6) is 0 Å². The number of carbonyl (C=O) groups is 1. The van der Waals surface area contributed by atoms with E-state index in [1.807, 2.05) is 31.2 Å². The Hall–Kier alpha value is -1.85. The quantitative estimate of drug-likeness (QED) is 0.553. The maximum absolute atomic E-state index is 13.3.